The highest BCUT2D eigenvalue weighted by atomic mass is 35.5. The van der Waals surface area contributed by atoms with Crippen LogP contribution in [0.3, 0.4) is 0 Å². The highest BCUT2D eigenvalue weighted by Crippen LogP contribution is 2.49. The van der Waals surface area contributed by atoms with Crippen LogP contribution in [0, 0.1) is 6.92 Å². The Balaban J connectivity index is 1.66. The molecule has 0 saturated carbocycles. The fourth-order valence-corrected chi connectivity index (χ4v) is 8.41. The summed E-state index contributed by atoms with van der Waals surface area (Å²) in [6.07, 6.45) is 0. The quantitative estimate of drug-likeness (QED) is 0.0992. The van der Waals surface area contributed by atoms with Gasteiger partial charge in [-0.05, 0) is 71.8 Å². The summed E-state index contributed by atoms with van der Waals surface area (Å²) in [6, 6.07) is 43.4. The third-order valence-corrected chi connectivity index (χ3v) is 10.3. The maximum atomic E-state index is 6.23. The molecule has 0 aliphatic rings. The molecule has 46 heavy (non-hydrogen) atoms. The van der Waals surface area contributed by atoms with E-state index in [0.717, 1.165) is 39.3 Å². The van der Waals surface area contributed by atoms with E-state index in [2.05, 4.69) is 140 Å². The van der Waals surface area contributed by atoms with Crippen molar-refractivity contribution in [3.05, 3.63) is 132 Å². The van der Waals surface area contributed by atoms with Crippen molar-refractivity contribution in [2.24, 2.45) is 9.98 Å². The van der Waals surface area contributed by atoms with E-state index >= 15 is 0 Å². The third-order valence-electron chi connectivity index (χ3n) is 9.01. The standard InChI is InChI=1S/C41H30ClN3S/c1-25-13-7-8-16-29(25)36(26(2)44-24-42)41(43-3)45-34-22-21-28(27-14-5-4-6-15-27)23-33(34)37-30-17-9-10-18-31(30)38-32-19-11-12-20-35(32)46-40(38)39(37)45/h4-23H,3,24H2,1-2H3/b41-36-,44-26-. The molecule has 0 N–H and O–H groups in total. The number of hydrogen-bond acceptors (Lipinski definition) is 3. The van der Waals surface area contributed by atoms with Crippen LogP contribution in [0.25, 0.3) is 75.3 Å². The van der Waals surface area contributed by atoms with Gasteiger partial charge in [-0.3, -0.25) is 9.56 Å². The lowest BCUT2D eigenvalue weighted by molar-refractivity contribution is 1.19. The van der Waals surface area contributed by atoms with Crippen LogP contribution in [0.4, 0.5) is 0 Å². The minimum atomic E-state index is 0.157. The van der Waals surface area contributed by atoms with Crippen LogP contribution in [0.2, 0.25) is 0 Å². The Labute approximate surface area is 276 Å². The summed E-state index contributed by atoms with van der Waals surface area (Å²) < 4.78 is 4.81. The molecule has 8 rings (SSSR count). The molecule has 0 spiro atoms. The number of thiophene rings is 1. The molecule has 5 heteroatoms. The molecule has 0 unspecified atom stereocenters. The molecular weight excluding hydrogens is 602 g/mol. The predicted octanol–water partition coefficient (Wildman–Crippen LogP) is 12.0. The summed E-state index contributed by atoms with van der Waals surface area (Å²) >= 11 is 8.07. The van der Waals surface area contributed by atoms with Gasteiger partial charge in [-0.2, -0.15) is 0 Å². The number of allylic oxidation sites excluding steroid dienone is 1. The molecule has 0 fully saturated rings. The van der Waals surface area contributed by atoms with Gasteiger partial charge in [0.05, 0.1) is 15.7 Å². The predicted molar refractivity (Wildman–Crippen MR) is 203 cm³/mol. The summed E-state index contributed by atoms with van der Waals surface area (Å²) in [5.74, 6) is 0.738. The van der Waals surface area contributed by atoms with Crippen molar-refractivity contribution in [3.63, 3.8) is 0 Å². The van der Waals surface area contributed by atoms with E-state index in [1.807, 2.05) is 18.3 Å². The Morgan fingerprint density at radius 3 is 2.15 bits per heavy atom. The lowest BCUT2D eigenvalue weighted by atomic mass is 9.96. The van der Waals surface area contributed by atoms with Crippen molar-refractivity contribution in [2.75, 3.05) is 6.00 Å². The topological polar surface area (TPSA) is 29.6 Å². The molecule has 3 nitrogen and oxygen atoms in total. The van der Waals surface area contributed by atoms with Crippen molar-refractivity contribution >= 4 is 99.5 Å². The van der Waals surface area contributed by atoms with E-state index in [9.17, 15) is 0 Å². The van der Waals surface area contributed by atoms with Crippen LogP contribution in [0.15, 0.2) is 131 Å². The average Bonchev–Trinajstić information content (AvgIpc) is 3.65. The van der Waals surface area contributed by atoms with E-state index in [1.165, 1.54) is 52.8 Å². The molecule has 0 aliphatic carbocycles. The molecule has 0 radical (unpaired) electrons. The smallest absolute Gasteiger partial charge is 0.146 e. The van der Waals surface area contributed by atoms with Crippen LogP contribution in [-0.2, 0) is 0 Å². The second kappa shape index (κ2) is 11.4. The number of aliphatic imine (C=N–C) groups is 2. The molecule has 0 saturated heterocycles. The molecule has 222 valence electrons. The van der Waals surface area contributed by atoms with Crippen LogP contribution < -0.4 is 0 Å². The maximum Gasteiger partial charge on any atom is 0.146 e. The number of alkyl halides is 1. The zero-order chi connectivity index (χ0) is 31.4. The van der Waals surface area contributed by atoms with Gasteiger partial charge in [0.1, 0.15) is 11.8 Å². The van der Waals surface area contributed by atoms with Crippen LogP contribution in [0.1, 0.15) is 18.1 Å². The number of nitrogens with zero attached hydrogens (tertiary/aromatic N) is 3. The largest absolute Gasteiger partial charge is 0.292 e. The first-order valence-corrected chi connectivity index (χ1v) is 16.7. The Morgan fingerprint density at radius 1 is 0.739 bits per heavy atom. The van der Waals surface area contributed by atoms with Crippen LogP contribution in [-0.4, -0.2) is 23.0 Å². The number of halogens is 1. The highest BCUT2D eigenvalue weighted by molar-refractivity contribution is 7.27. The van der Waals surface area contributed by atoms with Crippen molar-refractivity contribution in [2.45, 2.75) is 13.8 Å². The number of rotatable bonds is 6. The van der Waals surface area contributed by atoms with Crippen LogP contribution in [0.5, 0.6) is 0 Å². The van der Waals surface area contributed by atoms with Crippen molar-refractivity contribution in [3.8, 4) is 11.1 Å². The normalized spacial score (nSPS) is 12.9. The van der Waals surface area contributed by atoms with Gasteiger partial charge in [-0.15, -0.1) is 22.9 Å². The number of hydrogen-bond donors (Lipinski definition) is 0. The van der Waals surface area contributed by atoms with Gasteiger partial charge in [0.25, 0.3) is 0 Å². The fourth-order valence-electron chi connectivity index (χ4n) is 6.97. The number of aromatic nitrogens is 1. The number of fused-ring (bicyclic) bond motifs is 10. The second-order valence-electron chi connectivity index (χ2n) is 11.5. The van der Waals surface area contributed by atoms with Gasteiger partial charge < -0.3 is 0 Å². The Kier molecular flexibility index (Phi) is 7.05. The third kappa shape index (κ3) is 4.33. The van der Waals surface area contributed by atoms with Gasteiger partial charge in [0.15, 0.2) is 0 Å². The average molecular weight is 632 g/mol. The highest BCUT2D eigenvalue weighted by Gasteiger charge is 2.25. The first-order valence-electron chi connectivity index (χ1n) is 15.3. The van der Waals surface area contributed by atoms with E-state index in [4.69, 9.17) is 21.6 Å². The second-order valence-corrected chi connectivity index (χ2v) is 12.8. The first kappa shape index (κ1) is 28.4. The molecule has 2 heterocycles. The van der Waals surface area contributed by atoms with Gasteiger partial charge in [-0.1, -0.05) is 103 Å². The minimum Gasteiger partial charge on any atom is -0.292 e. The Morgan fingerprint density at radius 2 is 1.41 bits per heavy atom. The van der Waals surface area contributed by atoms with E-state index < -0.39 is 0 Å². The Bertz CT molecular complexity index is 2550. The first-order chi connectivity index (χ1) is 22.6. The Hall–Kier alpha value is -5.03. The van der Waals surface area contributed by atoms with E-state index in [-0.39, 0.29) is 6.00 Å². The number of benzene rings is 6. The monoisotopic (exact) mass is 631 g/mol. The lowest BCUT2D eigenvalue weighted by Gasteiger charge is -2.18. The van der Waals surface area contributed by atoms with Crippen molar-refractivity contribution < 1.29 is 0 Å². The van der Waals surface area contributed by atoms with E-state index in [1.54, 1.807) is 0 Å². The molecule has 0 atom stereocenters. The maximum absolute atomic E-state index is 6.23. The van der Waals surface area contributed by atoms with Crippen molar-refractivity contribution in [1.82, 2.24) is 4.57 Å². The minimum absolute atomic E-state index is 0.157. The number of aryl methyl sites for hydroxylation is 1. The molecule has 0 bridgehead atoms. The summed E-state index contributed by atoms with van der Waals surface area (Å²) in [4.78, 5) is 9.55. The molecular formula is C41H30ClN3S. The summed E-state index contributed by atoms with van der Waals surface area (Å²) in [6.45, 7) is 8.33. The van der Waals surface area contributed by atoms with Gasteiger partial charge in [0, 0.05) is 37.5 Å². The summed E-state index contributed by atoms with van der Waals surface area (Å²) in [5, 5.41) is 7.38. The zero-order valence-electron chi connectivity index (χ0n) is 25.6. The zero-order valence-corrected chi connectivity index (χ0v) is 27.2. The lowest BCUT2D eigenvalue weighted by Crippen LogP contribution is -2.07. The molecule has 6 aromatic carbocycles. The molecule has 0 amide bonds. The van der Waals surface area contributed by atoms with Gasteiger partial charge >= 0.3 is 0 Å². The van der Waals surface area contributed by atoms with Crippen LogP contribution >= 0.6 is 22.9 Å². The fraction of sp³-hybridized carbons (Fsp3) is 0.0732. The van der Waals surface area contributed by atoms with Crippen molar-refractivity contribution in [1.29, 1.82) is 0 Å². The van der Waals surface area contributed by atoms with Gasteiger partial charge in [-0.25, -0.2) is 4.99 Å². The summed E-state index contributed by atoms with van der Waals surface area (Å²) in [5.41, 5.74) is 8.47. The van der Waals surface area contributed by atoms with E-state index in [0.29, 0.717) is 0 Å². The molecule has 8 aromatic rings. The molecule has 0 aliphatic heterocycles. The molecule has 2 aromatic heterocycles. The summed E-state index contributed by atoms with van der Waals surface area (Å²) in [7, 11) is 0. The van der Waals surface area contributed by atoms with Gasteiger partial charge in [0.2, 0.25) is 0 Å². The SMILES string of the molecule is C=N/C(=C(\C(C)=N/CCl)c1ccccc1C)n1c2ccc(-c3ccccc3)cc2c2c3ccccc3c3c4ccccc4sc3c21.